The van der Waals surface area contributed by atoms with Gasteiger partial charge in [-0.2, -0.15) is 0 Å². The topological polar surface area (TPSA) is 12.0 Å². The quantitative estimate of drug-likeness (QED) is 0.683. The lowest BCUT2D eigenvalue weighted by Crippen LogP contribution is -2.31. The van der Waals surface area contributed by atoms with Crippen molar-refractivity contribution in [1.82, 2.24) is 5.32 Å². The Morgan fingerprint density at radius 3 is 2.94 bits per heavy atom. The highest BCUT2D eigenvalue weighted by Crippen LogP contribution is 2.14. The highest BCUT2D eigenvalue weighted by Gasteiger charge is 2.08. The number of hydrogen-bond donors (Lipinski definition) is 1. The van der Waals surface area contributed by atoms with Gasteiger partial charge in [0.25, 0.3) is 0 Å². The van der Waals surface area contributed by atoms with Crippen molar-refractivity contribution in [3.05, 3.63) is 47.5 Å². The van der Waals surface area contributed by atoms with Crippen LogP contribution < -0.4 is 5.32 Å². The third kappa shape index (κ3) is 5.90. The van der Waals surface area contributed by atoms with Gasteiger partial charge in [-0.05, 0) is 49.9 Å². The van der Waals surface area contributed by atoms with Crippen LogP contribution in [0.1, 0.15) is 31.7 Å². The van der Waals surface area contributed by atoms with Crippen LogP contribution in [0.2, 0.25) is 5.02 Å². The zero-order valence-electron chi connectivity index (χ0n) is 10.6. The molecule has 0 saturated carbocycles. The molecule has 1 aromatic rings. The molecule has 0 radical (unpaired) electrons. The number of hydrogen-bond acceptors (Lipinski definition) is 1. The first kappa shape index (κ1) is 14.3. The van der Waals surface area contributed by atoms with Gasteiger partial charge in [0, 0.05) is 11.1 Å². The summed E-state index contributed by atoms with van der Waals surface area (Å²) >= 11 is 6.00. The predicted octanol–water partition coefficient (Wildman–Crippen LogP) is 4.22. The van der Waals surface area contributed by atoms with E-state index in [1.165, 1.54) is 12.0 Å². The molecule has 17 heavy (non-hydrogen) atoms. The van der Waals surface area contributed by atoms with Crippen molar-refractivity contribution in [2.24, 2.45) is 0 Å². The van der Waals surface area contributed by atoms with Crippen molar-refractivity contribution in [1.29, 1.82) is 0 Å². The van der Waals surface area contributed by atoms with E-state index in [9.17, 15) is 0 Å². The highest BCUT2D eigenvalue weighted by molar-refractivity contribution is 6.30. The number of nitrogens with one attached hydrogen (secondary N) is 1. The van der Waals surface area contributed by atoms with Crippen molar-refractivity contribution in [3.8, 4) is 0 Å². The van der Waals surface area contributed by atoms with E-state index in [1.807, 2.05) is 18.2 Å². The molecule has 0 bridgehead atoms. The molecule has 1 atom stereocenters. The zero-order chi connectivity index (χ0) is 12.5. The molecule has 1 rings (SSSR count). The van der Waals surface area contributed by atoms with Crippen molar-refractivity contribution in [2.75, 3.05) is 6.54 Å². The molecule has 0 aromatic heterocycles. The minimum Gasteiger partial charge on any atom is -0.314 e. The minimum absolute atomic E-state index is 0.520. The first-order valence-corrected chi connectivity index (χ1v) is 6.72. The Morgan fingerprint density at radius 2 is 2.29 bits per heavy atom. The summed E-state index contributed by atoms with van der Waals surface area (Å²) in [5, 5.41) is 4.40. The minimum atomic E-state index is 0.520. The molecular weight excluding hydrogens is 230 g/mol. The van der Waals surface area contributed by atoms with Crippen LogP contribution in [0.5, 0.6) is 0 Å². The van der Waals surface area contributed by atoms with Crippen LogP contribution in [0.4, 0.5) is 0 Å². The number of benzene rings is 1. The Kier molecular flexibility index (Phi) is 6.99. The first-order valence-electron chi connectivity index (χ1n) is 6.35. The maximum absolute atomic E-state index is 6.00. The maximum Gasteiger partial charge on any atom is 0.0408 e. The van der Waals surface area contributed by atoms with Crippen LogP contribution in [0.25, 0.3) is 0 Å². The fourth-order valence-corrected chi connectivity index (χ4v) is 2.11. The predicted molar refractivity (Wildman–Crippen MR) is 76.7 cm³/mol. The molecule has 1 unspecified atom stereocenters. The molecule has 0 spiro atoms. The Bertz CT molecular complexity index is 335. The van der Waals surface area contributed by atoms with Crippen LogP contribution in [-0.4, -0.2) is 12.6 Å². The number of allylic oxidation sites excluding steroid dienone is 1. The molecule has 94 valence electrons. The number of halogens is 1. The summed E-state index contributed by atoms with van der Waals surface area (Å²) in [6, 6.07) is 8.65. The largest absolute Gasteiger partial charge is 0.314 e. The van der Waals surface area contributed by atoms with E-state index < -0.39 is 0 Å². The van der Waals surface area contributed by atoms with Crippen LogP contribution in [0.15, 0.2) is 36.9 Å². The van der Waals surface area contributed by atoms with E-state index in [4.69, 9.17) is 11.6 Å². The van der Waals surface area contributed by atoms with E-state index in [2.05, 4.69) is 31.0 Å². The summed E-state index contributed by atoms with van der Waals surface area (Å²) in [5.74, 6) is 0. The van der Waals surface area contributed by atoms with Gasteiger partial charge in [0.1, 0.15) is 0 Å². The molecule has 0 aliphatic carbocycles. The third-order valence-electron chi connectivity index (χ3n) is 2.77. The molecule has 0 saturated heterocycles. The zero-order valence-corrected chi connectivity index (χ0v) is 11.3. The Labute approximate surface area is 110 Å². The van der Waals surface area contributed by atoms with Crippen molar-refractivity contribution < 1.29 is 0 Å². The van der Waals surface area contributed by atoms with Gasteiger partial charge in [0.05, 0.1) is 0 Å². The van der Waals surface area contributed by atoms with Gasteiger partial charge in [0.15, 0.2) is 0 Å². The molecule has 1 nitrogen and oxygen atoms in total. The van der Waals surface area contributed by atoms with Crippen molar-refractivity contribution in [3.63, 3.8) is 0 Å². The Balaban J connectivity index is 2.54. The van der Waals surface area contributed by atoms with E-state index in [1.54, 1.807) is 0 Å². The second-order valence-electron chi connectivity index (χ2n) is 4.35. The smallest absolute Gasteiger partial charge is 0.0408 e. The van der Waals surface area contributed by atoms with Crippen LogP contribution in [0, 0.1) is 0 Å². The average molecular weight is 252 g/mol. The lowest BCUT2D eigenvalue weighted by atomic mass is 10.0. The molecule has 0 heterocycles. The van der Waals surface area contributed by atoms with E-state index in [0.29, 0.717) is 6.04 Å². The standard InChI is InChI=1S/C15H22ClN/c1-3-5-9-15(17-10-4-2)12-13-7-6-8-14(16)11-13/h3,6-8,11,15,17H,1,4-5,9-10,12H2,2H3. The molecule has 1 aromatic carbocycles. The van der Waals surface area contributed by atoms with Gasteiger partial charge in [-0.3, -0.25) is 0 Å². The molecule has 0 fully saturated rings. The number of rotatable bonds is 8. The highest BCUT2D eigenvalue weighted by atomic mass is 35.5. The molecule has 0 aliphatic heterocycles. The SMILES string of the molecule is C=CCCC(Cc1cccc(Cl)c1)NCCC. The molecule has 1 N–H and O–H groups in total. The van der Waals surface area contributed by atoms with Gasteiger partial charge in [-0.25, -0.2) is 0 Å². The molecule has 0 amide bonds. The second kappa shape index (κ2) is 8.32. The molecular formula is C15H22ClN. The fourth-order valence-electron chi connectivity index (χ4n) is 1.89. The van der Waals surface area contributed by atoms with Gasteiger partial charge in [-0.15, -0.1) is 6.58 Å². The van der Waals surface area contributed by atoms with Crippen LogP contribution >= 0.6 is 11.6 Å². The lowest BCUT2D eigenvalue weighted by molar-refractivity contribution is 0.481. The summed E-state index contributed by atoms with van der Waals surface area (Å²) in [6.45, 7) is 7.05. The normalized spacial score (nSPS) is 12.4. The van der Waals surface area contributed by atoms with Crippen molar-refractivity contribution in [2.45, 2.75) is 38.6 Å². The summed E-state index contributed by atoms with van der Waals surface area (Å²) in [5.41, 5.74) is 1.30. The van der Waals surface area contributed by atoms with Crippen molar-refractivity contribution >= 4 is 11.6 Å². The van der Waals surface area contributed by atoms with Gasteiger partial charge >= 0.3 is 0 Å². The summed E-state index contributed by atoms with van der Waals surface area (Å²) < 4.78 is 0. The Morgan fingerprint density at radius 1 is 1.47 bits per heavy atom. The monoisotopic (exact) mass is 251 g/mol. The summed E-state index contributed by atoms with van der Waals surface area (Å²) in [4.78, 5) is 0. The van der Waals surface area contributed by atoms with Crippen LogP contribution in [0.3, 0.4) is 0 Å². The molecule has 0 aliphatic rings. The summed E-state index contributed by atoms with van der Waals surface area (Å²) in [7, 11) is 0. The average Bonchev–Trinajstić information content (AvgIpc) is 2.32. The summed E-state index contributed by atoms with van der Waals surface area (Å²) in [6.07, 6.45) is 6.38. The maximum atomic E-state index is 6.00. The van der Waals surface area contributed by atoms with Gasteiger partial charge < -0.3 is 5.32 Å². The van der Waals surface area contributed by atoms with Crippen LogP contribution in [-0.2, 0) is 6.42 Å². The van der Waals surface area contributed by atoms with Gasteiger partial charge in [-0.1, -0.05) is 36.7 Å². The third-order valence-corrected chi connectivity index (χ3v) is 3.01. The van der Waals surface area contributed by atoms with E-state index in [-0.39, 0.29) is 0 Å². The van der Waals surface area contributed by atoms with Gasteiger partial charge in [0.2, 0.25) is 0 Å². The Hall–Kier alpha value is -0.790. The van der Waals surface area contributed by atoms with E-state index in [0.717, 1.165) is 30.8 Å². The van der Waals surface area contributed by atoms with E-state index >= 15 is 0 Å². The second-order valence-corrected chi connectivity index (χ2v) is 4.79. The lowest BCUT2D eigenvalue weighted by Gasteiger charge is -2.18. The first-order chi connectivity index (χ1) is 8.26. The molecule has 2 heteroatoms. The fraction of sp³-hybridized carbons (Fsp3) is 0.467.